The number of hydrogen-bond acceptors (Lipinski definition) is 8. The first-order valence-corrected chi connectivity index (χ1v) is 8.98. The van der Waals surface area contributed by atoms with Gasteiger partial charge in [-0.25, -0.2) is 4.79 Å². The zero-order valence-corrected chi connectivity index (χ0v) is 16.2. The van der Waals surface area contributed by atoms with E-state index in [1.54, 1.807) is 6.92 Å². The van der Waals surface area contributed by atoms with Crippen molar-refractivity contribution in [2.45, 2.75) is 12.1 Å². The van der Waals surface area contributed by atoms with Gasteiger partial charge < -0.3 is 13.9 Å². The van der Waals surface area contributed by atoms with Crippen molar-refractivity contribution < 1.29 is 23.7 Å². The smallest absolute Gasteiger partial charge is 0.342 e. The lowest BCUT2D eigenvalue weighted by atomic mass is 10.1. The Morgan fingerprint density at radius 1 is 1.25 bits per heavy atom. The van der Waals surface area contributed by atoms with E-state index in [0.29, 0.717) is 11.5 Å². The van der Waals surface area contributed by atoms with E-state index >= 15 is 0 Å². The SMILES string of the molecule is Cc1nnc(S/C(=C\c2ccc(-c3cc(Cl)c([N+](=O)[O-])cc3Cl)o2)C(=O)O)o1. The molecule has 0 aliphatic rings. The summed E-state index contributed by atoms with van der Waals surface area (Å²) in [6.07, 6.45) is 1.27. The molecule has 0 aliphatic carbocycles. The second kappa shape index (κ2) is 8.05. The zero-order chi connectivity index (χ0) is 20.4. The molecule has 28 heavy (non-hydrogen) atoms. The molecule has 0 unspecified atom stereocenters. The van der Waals surface area contributed by atoms with Crippen molar-refractivity contribution in [2.75, 3.05) is 0 Å². The summed E-state index contributed by atoms with van der Waals surface area (Å²) < 4.78 is 10.8. The van der Waals surface area contributed by atoms with Crippen LogP contribution in [0, 0.1) is 17.0 Å². The van der Waals surface area contributed by atoms with Gasteiger partial charge in [-0.1, -0.05) is 23.2 Å². The average molecular weight is 442 g/mol. The molecule has 2 aromatic heterocycles. The summed E-state index contributed by atoms with van der Waals surface area (Å²) in [7, 11) is 0. The van der Waals surface area contributed by atoms with Crippen LogP contribution in [0.25, 0.3) is 17.4 Å². The van der Waals surface area contributed by atoms with Crippen molar-refractivity contribution >= 4 is 52.7 Å². The fourth-order valence-corrected chi connectivity index (χ4v) is 3.30. The maximum atomic E-state index is 11.5. The predicted octanol–water partition coefficient (Wildman–Crippen LogP) is 5.07. The van der Waals surface area contributed by atoms with Gasteiger partial charge in [0.2, 0.25) is 5.89 Å². The van der Waals surface area contributed by atoms with Gasteiger partial charge in [0.05, 0.1) is 9.95 Å². The normalized spacial score (nSPS) is 11.6. The van der Waals surface area contributed by atoms with Crippen LogP contribution in [0.2, 0.25) is 10.0 Å². The number of carboxylic acids is 1. The molecule has 0 fully saturated rings. The molecule has 9 nitrogen and oxygen atoms in total. The average Bonchev–Trinajstić information content (AvgIpc) is 3.24. The Labute approximate surface area is 171 Å². The third kappa shape index (κ3) is 4.35. The topological polar surface area (TPSA) is 132 Å². The monoisotopic (exact) mass is 441 g/mol. The standard InChI is InChI=1S/C16H9Cl2N3O6S/c1-7-19-20-16(26-7)28-14(15(22)23)4-8-2-3-13(27-8)9-5-11(18)12(21(24)25)6-10(9)17/h2-6H,1H3,(H,22,23)/b14-4-. The number of aromatic nitrogens is 2. The van der Waals surface area contributed by atoms with Gasteiger partial charge in [0.15, 0.2) is 0 Å². The molecule has 12 heteroatoms. The van der Waals surface area contributed by atoms with E-state index in [-0.39, 0.29) is 37.4 Å². The highest BCUT2D eigenvalue weighted by Crippen LogP contribution is 2.37. The van der Waals surface area contributed by atoms with E-state index in [1.807, 2.05) is 0 Å². The fourth-order valence-electron chi connectivity index (χ4n) is 2.12. The molecule has 1 N–H and O–H groups in total. The molecule has 0 atom stereocenters. The largest absolute Gasteiger partial charge is 0.477 e. The summed E-state index contributed by atoms with van der Waals surface area (Å²) in [6.45, 7) is 1.58. The van der Waals surface area contributed by atoms with Gasteiger partial charge in [0, 0.05) is 24.6 Å². The molecule has 3 rings (SSSR count). The Hall–Kier alpha value is -2.82. The lowest BCUT2D eigenvalue weighted by Crippen LogP contribution is -1.96. The van der Waals surface area contributed by atoms with Gasteiger partial charge in [0.25, 0.3) is 10.9 Å². The molecular formula is C16H9Cl2N3O6S. The van der Waals surface area contributed by atoms with Crippen LogP contribution in [-0.4, -0.2) is 26.2 Å². The highest BCUT2D eigenvalue weighted by molar-refractivity contribution is 8.03. The number of carboxylic acid groups (broad SMARTS) is 1. The first-order valence-electron chi connectivity index (χ1n) is 7.41. The van der Waals surface area contributed by atoms with E-state index < -0.39 is 10.9 Å². The predicted molar refractivity (Wildman–Crippen MR) is 101 cm³/mol. The number of halogens is 2. The second-order valence-electron chi connectivity index (χ2n) is 5.25. The van der Waals surface area contributed by atoms with Gasteiger partial charge in [0.1, 0.15) is 21.4 Å². The lowest BCUT2D eigenvalue weighted by Gasteiger charge is -2.03. The maximum Gasteiger partial charge on any atom is 0.342 e. The quantitative estimate of drug-likeness (QED) is 0.240. The first-order chi connectivity index (χ1) is 13.2. The molecule has 0 amide bonds. The van der Waals surface area contributed by atoms with E-state index in [9.17, 15) is 20.0 Å². The molecule has 3 aromatic rings. The van der Waals surface area contributed by atoms with E-state index in [2.05, 4.69) is 10.2 Å². The van der Waals surface area contributed by atoms with Crippen LogP contribution < -0.4 is 0 Å². The third-order valence-electron chi connectivity index (χ3n) is 3.31. The number of rotatable bonds is 6. The van der Waals surface area contributed by atoms with Crippen molar-refractivity contribution in [2.24, 2.45) is 0 Å². The molecule has 0 saturated carbocycles. The summed E-state index contributed by atoms with van der Waals surface area (Å²) in [5, 5.41) is 27.7. The van der Waals surface area contributed by atoms with Crippen molar-refractivity contribution in [1.29, 1.82) is 0 Å². The highest BCUT2D eigenvalue weighted by atomic mass is 35.5. The molecule has 0 saturated heterocycles. The molecule has 144 valence electrons. The van der Waals surface area contributed by atoms with Crippen LogP contribution in [0.1, 0.15) is 11.7 Å². The number of benzene rings is 1. The Morgan fingerprint density at radius 2 is 2.00 bits per heavy atom. The maximum absolute atomic E-state index is 11.5. The fraction of sp³-hybridized carbons (Fsp3) is 0.0625. The Bertz CT molecular complexity index is 1110. The van der Waals surface area contributed by atoms with E-state index in [4.69, 9.17) is 32.0 Å². The van der Waals surface area contributed by atoms with Crippen LogP contribution >= 0.6 is 35.0 Å². The molecule has 0 spiro atoms. The molecule has 1 aromatic carbocycles. The lowest BCUT2D eigenvalue weighted by molar-refractivity contribution is -0.384. The third-order valence-corrected chi connectivity index (χ3v) is 4.78. The van der Waals surface area contributed by atoms with Gasteiger partial charge in [-0.15, -0.1) is 10.2 Å². The number of furan rings is 1. The van der Waals surface area contributed by atoms with Gasteiger partial charge >= 0.3 is 5.97 Å². The van der Waals surface area contributed by atoms with Crippen LogP contribution in [-0.2, 0) is 4.79 Å². The second-order valence-corrected chi connectivity index (χ2v) is 7.05. The minimum Gasteiger partial charge on any atom is -0.477 e. The first kappa shape index (κ1) is 19.9. The van der Waals surface area contributed by atoms with Crippen LogP contribution in [0.4, 0.5) is 5.69 Å². The minimum atomic E-state index is -1.21. The van der Waals surface area contributed by atoms with Crippen LogP contribution in [0.3, 0.4) is 0 Å². The molecule has 0 bridgehead atoms. The summed E-state index contributed by atoms with van der Waals surface area (Å²) in [6, 6.07) is 5.48. The Kier molecular flexibility index (Phi) is 5.73. The number of hydrogen-bond donors (Lipinski definition) is 1. The van der Waals surface area contributed by atoms with E-state index in [1.165, 1.54) is 24.3 Å². The number of aryl methyl sites for hydroxylation is 1. The van der Waals surface area contributed by atoms with Crippen molar-refractivity contribution in [1.82, 2.24) is 10.2 Å². The summed E-state index contributed by atoms with van der Waals surface area (Å²) in [5.74, 6) is -0.439. The zero-order valence-electron chi connectivity index (χ0n) is 13.9. The number of nitro benzene ring substituents is 1. The van der Waals surface area contributed by atoms with Gasteiger partial charge in [-0.05, 0) is 30.0 Å². The number of carbonyl (C=O) groups is 1. The number of thioether (sulfide) groups is 1. The van der Waals surface area contributed by atoms with Crippen molar-refractivity contribution in [3.05, 3.63) is 61.0 Å². The minimum absolute atomic E-state index is 0.0650. The van der Waals surface area contributed by atoms with E-state index in [0.717, 1.165) is 17.8 Å². The molecule has 2 heterocycles. The Morgan fingerprint density at radius 3 is 2.61 bits per heavy atom. The molecule has 0 aliphatic heterocycles. The Balaban J connectivity index is 1.92. The highest BCUT2D eigenvalue weighted by Gasteiger charge is 2.19. The van der Waals surface area contributed by atoms with Gasteiger partial charge in [-0.2, -0.15) is 0 Å². The number of nitrogens with zero attached hydrogens (tertiary/aromatic N) is 3. The number of nitro groups is 1. The summed E-state index contributed by atoms with van der Waals surface area (Å²) in [5.41, 5.74) is -0.00419. The molecular weight excluding hydrogens is 433 g/mol. The van der Waals surface area contributed by atoms with Crippen LogP contribution in [0.15, 0.2) is 43.2 Å². The van der Waals surface area contributed by atoms with Crippen molar-refractivity contribution in [3.63, 3.8) is 0 Å². The summed E-state index contributed by atoms with van der Waals surface area (Å²) in [4.78, 5) is 21.6. The van der Waals surface area contributed by atoms with Crippen LogP contribution in [0.5, 0.6) is 0 Å². The molecule has 0 radical (unpaired) electrons. The number of aliphatic carboxylic acids is 1. The van der Waals surface area contributed by atoms with Crippen molar-refractivity contribution in [3.8, 4) is 11.3 Å². The summed E-state index contributed by atoms with van der Waals surface area (Å²) >= 11 is 12.8. The van der Waals surface area contributed by atoms with Gasteiger partial charge in [-0.3, -0.25) is 10.1 Å².